The van der Waals surface area contributed by atoms with Crippen molar-refractivity contribution in [1.29, 1.82) is 0 Å². The molecule has 164 valence electrons. The number of benzene rings is 2. The Labute approximate surface area is 182 Å². The second-order valence-corrected chi connectivity index (χ2v) is 7.69. The molecule has 1 heterocycles. The predicted octanol–water partition coefficient (Wildman–Crippen LogP) is 3.21. The number of carbonyl (C=O) groups excluding carboxylic acids is 3. The van der Waals surface area contributed by atoms with E-state index in [1.165, 1.54) is 0 Å². The van der Waals surface area contributed by atoms with Gasteiger partial charge in [0.2, 0.25) is 11.8 Å². The standard InChI is InChI=1S/C24H29N3O4/c1-3-4-13-27-16-19(14-22(27)28)24(30)26-20-9-7-18(8-10-20)23(29)25-15-17-5-11-21(31-2)12-6-17/h5-12,19H,3-4,13-16H2,1-2H3,(H,25,29)(H,26,30). The van der Waals surface area contributed by atoms with Crippen LogP contribution in [0.2, 0.25) is 0 Å². The van der Waals surface area contributed by atoms with Gasteiger partial charge < -0.3 is 20.3 Å². The number of hydrogen-bond donors (Lipinski definition) is 2. The SMILES string of the molecule is CCCCN1CC(C(=O)Nc2ccc(C(=O)NCc3ccc(OC)cc3)cc2)CC1=O. The van der Waals surface area contributed by atoms with Gasteiger partial charge in [0.05, 0.1) is 13.0 Å². The molecule has 1 aliphatic heterocycles. The Hall–Kier alpha value is -3.35. The van der Waals surface area contributed by atoms with Crippen LogP contribution in [-0.2, 0) is 16.1 Å². The Morgan fingerprint density at radius 3 is 2.45 bits per heavy atom. The first-order valence-corrected chi connectivity index (χ1v) is 10.6. The lowest BCUT2D eigenvalue weighted by Crippen LogP contribution is -2.29. The first-order valence-electron chi connectivity index (χ1n) is 10.6. The molecule has 0 saturated carbocycles. The van der Waals surface area contributed by atoms with Crippen LogP contribution in [0.1, 0.15) is 42.1 Å². The third-order valence-electron chi connectivity index (χ3n) is 5.39. The molecule has 0 aliphatic carbocycles. The van der Waals surface area contributed by atoms with Gasteiger partial charge in [0.15, 0.2) is 0 Å². The lowest BCUT2D eigenvalue weighted by molar-refractivity contribution is -0.128. The van der Waals surface area contributed by atoms with Crippen LogP contribution in [0.25, 0.3) is 0 Å². The summed E-state index contributed by atoms with van der Waals surface area (Å²) in [6, 6.07) is 14.2. The van der Waals surface area contributed by atoms with E-state index in [0.29, 0.717) is 30.9 Å². The molecular formula is C24H29N3O4. The summed E-state index contributed by atoms with van der Waals surface area (Å²) in [4.78, 5) is 38.7. The maximum absolute atomic E-state index is 12.5. The Balaban J connectivity index is 1.49. The van der Waals surface area contributed by atoms with Crippen LogP contribution in [0.5, 0.6) is 5.75 Å². The molecule has 31 heavy (non-hydrogen) atoms. The molecule has 0 bridgehead atoms. The van der Waals surface area contributed by atoms with Crippen molar-refractivity contribution < 1.29 is 19.1 Å². The molecule has 2 aromatic carbocycles. The number of unbranched alkanes of at least 4 members (excludes halogenated alkanes) is 1. The Kier molecular flexibility index (Phi) is 7.65. The van der Waals surface area contributed by atoms with Gasteiger partial charge in [-0.2, -0.15) is 0 Å². The average Bonchev–Trinajstić information content (AvgIpc) is 3.17. The Morgan fingerprint density at radius 1 is 1.10 bits per heavy atom. The number of anilines is 1. The van der Waals surface area contributed by atoms with Gasteiger partial charge in [-0.25, -0.2) is 0 Å². The topological polar surface area (TPSA) is 87.7 Å². The van der Waals surface area contributed by atoms with Crippen molar-refractivity contribution in [3.8, 4) is 5.75 Å². The molecule has 2 aromatic rings. The van der Waals surface area contributed by atoms with Crippen LogP contribution >= 0.6 is 0 Å². The fourth-order valence-electron chi connectivity index (χ4n) is 3.49. The summed E-state index contributed by atoms with van der Waals surface area (Å²) in [5, 5.41) is 5.73. The second kappa shape index (κ2) is 10.6. The fourth-order valence-corrected chi connectivity index (χ4v) is 3.49. The molecule has 3 rings (SSSR count). The summed E-state index contributed by atoms with van der Waals surface area (Å²) < 4.78 is 5.12. The molecule has 1 saturated heterocycles. The minimum Gasteiger partial charge on any atom is -0.497 e. The van der Waals surface area contributed by atoms with E-state index in [0.717, 1.165) is 24.2 Å². The molecule has 0 radical (unpaired) electrons. The maximum Gasteiger partial charge on any atom is 0.251 e. The van der Waals surface area contributed by atoms with Gasteiger partial charge in [-0.15, -0.1) is 0 Å². The van der Waals surface area contributed by atoms with E-state index in [4.69, 9.17) is 4.74 Å². The fraction of sp³-hybridized carbons (Fsp3) is 0.375. The molecular weight excluding hydrogens is 394 g/mol. The van der Waals surface area contributed by atoms with E-state index >= 15 is 0 Å². The summed E-state index contributed by atoms with van der Waals surface area (Å²) in [5.74, 6) is 0.114. The minimum absolute atomic E-state index is 0.0393. The molecule has 1 aliphatic rings. The number of nitrogens with zero attached hydrogens (tertiary/aromatic N) is 1. The number of hydrogen-bond acceptors (Lipinski definition) is 4. The molecule has 3 amide bonds. The summed E-state index contributed by atoms with van der Waals surface area (Å²) in [5.41, 5.74) is 2.08. The third kappa shape index (κ3) is 6.07. The normalized spacial score (nSPS) is 15.6. The van der Waals surface area contributed by atoms with Crippen molar-refractivity contribution in [1.82, 2.24) is 10.2 Å². The predicted molar refractivity (Wildman–Crippen MR) is 119 cm³/mol. The van der Waals surface area contributed by atoms with E-state index in [1.807, 2.05) is 24.3 Å². The van der Waals surface area contributed by atoms with Gasteiger partial charge in [-0.3, -0.25) is 14.4 Å². The summed E-state index contributed by atoms with van der Waals surface area (Å²) in [6.07, 6.45) is 2.21. The monoisotopic (exact) mass is 423 g/mol. The van der Waals surface area contributed by atoms with Crippen LogP contribution in [0.4, 0.5) is 5.69 Å². The Bertz CT molecular complexity index is 909. The summed E-state index contributed by atoms with van der Waals surface area (Å²) in [7, 11) is 1.61. The molecule has 1 atom stereocenters. The van der Waals surface area contributed by atoms with Crippen LogP contribution in [0.15, 0.2) is 48.5 Å². The molecule has 1 unspecified atom stereocenters. The van der Waals surface area contributed by atoms with Gasteiger partial charge >= 0.3 is 0 Å². The zero-order valence-electron chi connectivity index (χ0n) is 18.0. The smallest absolute Gasteiger partial charge is 0.251 e. The van der Waals surface area contributed by atoms with Gasteiger partial charge in [-0.1, -0.05) is 25.5 Å². The number of amides is 3. The van der Waals surface area contributed by atoms with Crippen molar-refractivity contribution in [2.75, 3.05) is 25.5 Å². The number of methoxy groups -OCH3 is 1. The lowest BCUT2D eigenvalue weighted by atomic mass is 10.1. The summed E-state index contributed by atoms with van der Waals surface area (Å²) >= 11 is 0. The van der Waals surface area contributed by atoms with E-state index < -0.39 is 0 Å². The molecule has 1 fully saturated rings. The first kappa shape index (κ1) is 22.3. The molecule has 7 heteroatoms. The minimum atomic E-state index is -0.336. The van der Waals surface area contributed by atoms with Crippen LogP contribution in [0, 0.1) is 5.92 Å². The lowest BCUT2D eigenvalue weighted by Gasteiger charge is -2.16. The van der Waals surface area contributed by atoms with Crippen molar-refractivity contribution in [2.45, 2.75) is 32.7 Å². The molecule has 0 aromatic heterocycles. The van der Waals surface area contributed by atoms with E-state index in [-0.39, 0.29) is 30.1 Å². The Morgan fingerprint density at radius 2 is 1.81 bits per heavy atom. The summed E-state index contributed by atoms with van der Waals surface area (Å²) in [6.45, 7) is 3.66. The second-order valence-electron chi connectivity index (χ2n) is 7.69. The quantitative estimate of drug-likeness (QED) is 0.648. The van der Waals surface area contributed by atoms with Crippen molar-refractivity contribution in [3.05, 3.63) is 59.7 Å². The van der Waals surface area contributed by atoms with E-state index in [2.05, 4.69) is 17.6 Å². The maximum atomic E-state index is 12.5. The van der Waals surface area contributed by atoms with Crippen LogP contribution in [-0.4, -0.2) is 42.8 Å². The van der Waals surface area contributed by atoms with Gasteiger partial charge in [0.25, 0.3) is 5.91 Å². The first-order chi connectivity index (χ1) is 15.0. The van der Waals surface area contributed by atoms with Gasteiger partial charge in [0, 0.05) is 37.3 Å². The molecule has 7 nitrogen and oxygen atoms in total. The van der Waals surface area contributed by atoms with E-state index in [9.17, 15) is 14.4 Å². The average molecular weight is 424 g/mol. The number of ether oxygens (including phenoxy) is 1. The highest BCUT2D eigenvalue weighted by atomic mass is 16.5. The number of nitrogens with one attached hydrogen (secondary N) is 2. The van der Waals surface area contributed by atoms with Gasteiger partial charge in [0.1, 0.15) is 5.75 Å². The van der Waals surface area contributed by atoms with Crippen LogP contribution in [0.3, 0.4) is 0 Å². The zero-order valence-corrected chi connectivity index (χ0v) is 18.0. The van der Waals surface area contributed by atoms with Crippen molar-refractivity contribution in [2.24, 2.45) is 5.92 Å². The number of likely N-dealkylation sites (tertiary alicyclic amines) is 1. The number of carbonyl (C=O) groups is 3. The third-order valence-corrected chi connectivity index (χ3v) is 5.39. The number of rotatable bonds is 9. The highest BCUT2D eigenvalue weighted by molar-refractivity contribution is 5.98. The highest BCUT2D eigenvalue weighted by Gasteiger charge is 2.33. The van der Waals surface area contributed by atoms with Crippen LogP contribution < -0.4 is 15.4 Å². The molecule has 2 N–H and O–H groups in total. The molecule has 0 spiro atoms. The van der Waals surface area contributed by atoms with E-state index in [1.54, 1.807) is 36.3 Å². The van der Waals surface area contributed by atoms with Gasteiger partial charge in [-0.05, 0) is 48.4 Å². The van der Waals surface area contributed by atoms with Crippen molar-refractivity contribution >= 4 is 23.4 Å². The highest BCUT2D eigenvalue weighted by Crippen LogP contribution is 2.21. The van der Waals surface area contributed by atoms with Crippen molar-refractivity contribution in [3.63, 3.8) is 0 Å². The largest absolute Gasteiger partial charge is 0.497 e. The zero-order chi connectivity index (χ0) is 22.2.